The van der Waals surface area contributed by atoms with Crippen LogP contribution >= 0.6 is 0 Å². The number of benzene rings is 1. The number of aromatic amines is 1. The highest BCUT2D eigenvalue weighted by molar-refractivity contribution is 5.79. The number of imidazole rings is 1. The predicted molar refractivity (Wildman–Crippen MR) is 130 cm³/mol. The maximum atomic E-state index is 15.4. The average molecular weight is 583 g/mol. The summed E-state index contributed by atoms with van der Waals surface area (Å²) in [4.78, 5) is 35.5. The average Bonchev–Trinajstić information content (AvgIpc) is 3.39. The second-order valence-corrected chi connectivity index (χ2v) is 9.34. The largest absolute Gasteiger partial charge is 0.433 e. The molecule has 0 atom stereocenters. The van der Waals surface area contributed by atoms with Crippen LogP contribution in [0.15, 0.2) is 47.5 Å². The van der Waals surface area contributed by atoms with Gasteiger partial charge in [0.15, 0.2) is 11.3 Å². The van der Waals surface area contributed by atoms with E-state index < -0.39 is 70.3 Å². The van der Waals surface area contributed by atoms with Crippen molar-refractivity contribution in [3.8, 4) is 11.4 Å². The van der Waals surface area contributed by atoms with Crippen molar-refractivity contribution in [1.82, 2.24) is 29.9 Å². The zero-order chi connectivity index (χ0) is 29.5. The van der Waals surface area contributed by atoms with Crippen molar-refractivity contribution < 1.29 is 35.5 Å². The number of rotatable bonds is 5. The van der Waals surface area contributed by atoms with Gasteiger partial charge in [0.2, 0.25) is 5.91 Å². The Kier molecular flexibility index (Phi) is 7.17. The van der Waals surface area contributed by atoms with Crippen molar-refractivity contribution in [2.45, 2.75) is 31.7 Å². The Balaban J connectivity index is 1.32. The van der Waals surface area contributed by atoms with E-state index in [1.54, 1.807) is 34.0 Å². The van der Waals surface area contributed by atoms with Crippen molar-refractivity contribution in [2.75, 3.05) is 18.0 Å². The number of aromatic nitrogens is 5. The fourth-order valence-electron chi connectivity index (χ4n) is 4.62. The van der Waals surface area contributed by atoms with Gasteiger partial charge in [0.1, 0.15) is 17.5 Å². The molecule has 4 aromatic rings. The lowest BCUT2D eigenvalue weighted by Gasteiger charge is -2.32. The third-order valence-corrected chi connectivity index (χ3v) is 6.68. The van der Waals surface area contributed by atoms with E-state index in [0.29, 0.717) is 43.5 Å². The highest BCUT2D eigenvalue weighted by Gasteiger charge is 2.39. The Morgan fingerprint density at radius 1 is 1.05 bits per heavy atom. The molecular formula is C25H20F7N7O2. The second kappa shape index (κ2) is 10.5. The van der Waals surface area contributed by atoms with Gasteiger partial charge in [0.25, 0.3) is 5.56 Å². The molecule has 0 radical (unpaired) electrons. The first-order valence-corrected chi connectivity index (χ1v) is 12.2. The summed E-state index contributed by atoms with van der Waals surface area (Å²) in [5, 5.41) is 6.95. The smallest absolute Gasteiger partial charge is 0.355 e. The molecule has 5 rings (SSSR count). The van der Waals surface area contributed by atoms with Gasteiger partial charge in [-0.1, -0.05) is 6.07 Å². The number of fused-ring (bicyclic) bond motifs is 1. The molecule has 1 aliphatic heterocycles. The first kappa shape index (κ1) is 28.0. The highest BCUT2D eigenvalue weighted by atomic mass is 19.4. The molecule has 2 N–H and O–H groups in total. The molecule has 0 spiro atoms. The minimum absolute atomic E-state index is 0.0517. The third kappa shape index (κ3) is 5.85. The molecular weight excluding hydrogens is 563 g/mol. The molecule has 16 heteroatoms. The van der Waals surface area contributed by atoms with E-state index in [-0.39, 0.29) is 6.07 Å². The minimum Gasteiger partial charge on any atom is -0.355 e. The molecule has 0 bridgehead atoms. The van der Waals surface area contributed by atoms with E-state index in [1.165, 1.54) is 0 Å². The predicted octanol–water partition coefficient (Wildman–Crippen LogP) is 4.19. The first-order valence-electron chi connectivity index (χ1n) is 12.2. The Morgan fingerprint density at radius 3 is 2.46 bits per heavy atom. The molecule has 1 fully saturated rings. The Hall–Kier alpha value is -4.50. The molecule has 1 amide bonds. The van der Waals surface area contributed by atoms with Crippen LogP contribution in [-0.4, -0.2) is 43.6 Å². The summed E-state index contributed by atoms with van der Waals surface area (Å²) in [6.07, 6.45) is -6.19. The van der Waals surface area contributed by atoms with E-state index >= 15 is 4.39 Å². The summed E-state index contributed by atoms with van der Waals surface area (Å²) in [6.45, 7) is 0.426. The summed E-state index contributed by atoms with van der Waals surface area (Å²) >= 11 is 0. The van der Waals surface area contributed by atoms with Crippen molar-refractivity contribution in [3.05, 3.63) is 75.7 Å². The van der Waals surface area contributed by atoms with Gasteiger partial charge >= 0.3 is 12.4 Å². The molecule has 1 aliphatic rings. The molecule has 0 saturated carbocycles. The zero-order valence-electron chi connectivity index (χ0n) is 20.9. The standard InChI is InChI=1S/C25H20F7N7O2/c26-21-14(1-2-15(24(27,28)29)20(21)22-35-16(25(30,31)32)11-19(40)36-22)12-34-23(41)13-5-8-38(9-6-13)18-4-3-17-33-7-10-39(17)37-18/h1-4,7,10-11,13H,5-6,8-9,12H2,(H,34,41)(H,35,36,40). The number of amides is 1. The van der Waals surface area contributed by atoms with Gasteiger partial charge in [0, 0.05) is 49.6 Å². The Morgan fingerprint density at radius 2 is 1.78 bits per heavy atom. The van der Waals surface area contributed by atoms with Gasteiger partial charge in [-0.3, -0.25) is 9.59 Å². The molecule has 1 saturated heterocycles. The van der Waals surface area contributed by atoms with Crippen LogP contribution in [0.2, 0.25) is 0 Å². The topological polar surface area (TPSA) is 108 Å². The lowest BCUT2D eigenvalue weighted by Crippen LogP contribution is -2.40. The van der Waals surface area contributed by atoms with E-state index in [9.17, 15) is 35.9 Å². The molecule has 4 heterocycles. The van der Waals surface area contributed by atoms with Crippen molar-refractivity contribution in [2.24, 2.45) is 5.92 Å². The molecule has 0 aliphatic carbocycles. The van der Waals surface area contributed by atoms with Gasteiger partial charge in [-0.25, -0.2) is 18.9 Å². The van der Waals surface area contributed by atoms with Crippen LogP contribution in [0.4, 0.5) is 36.6 Å². The normalized spacial score (nSPS) is 15.0. The van der Waals surface area contributed by atoms with Crippen LogP contribution in [0.5, 0.6) is 0 Å². The number of hydrogen-bond acceptors (Lipinski definition) is 6. The van der Waals surface area contributed by atoms with E-state index in [2.05, 4.69) is 20.4 Å². The number of carbonyl (C=O) groups excluding carboxylic acids is 1. The summed E-state index contributed by atoms with van der Waals surface area (Å²) in [7, 11) is 0. The molecule has 216 valence electrons. The fourth-order valence-corrected chi connectivity index (χ4v) is 4.62. The number of halogens is 7. The number of anilines is 1. The van der Waals surface area contributed by atoms with Crippen LogP contribution in [0.3, 0.4) is 0 Å². The lowest BCUT2D eigenvalue weighted by molar-refractivity contribution is -0.141. The lowest BCUT2D eigenvalue weighted by atomic mass is 9.95. The number of piperidine rings is 1. The number of H-pyrrole nitrogens is 1. The number of alkyl halides is 6. The SMILES string of the molecule is O=C(NCc1ccc(C(F)(F)F)c(-c2nc(C(F)(F)F)cc(=O)[nH]2)c1F)C1CCN(c2ccc3nccn3n2)CC1. The molecule has 1 aromatic carbocycles. The van der Waals surface area contributed by atoms with Crippen LogP contribution < -0.4 is 15.8 Å². The Labute approximate surface area is 226 Å². The van der Waals surface area contributed by atoms with Gasteiger partial charge < -0.3 is 15.2 Å². The number of nitrogens with one attached hydrogen (secondary N) is 2. The molecule has 3 aromatic heterocycles. The van der Waals surface area contributed by atoms with Crippen LogP contribution in [0, 0.1) is 11.7 Å². The second-order valence-electron chi connectivity index (χ2n) is 9.34. The molecule has 41 heavy (non-hydrogen) atoms. The van der Waals surface area contributed by atoms with E-state index in [1.807, 2.05) is 4.90 Å². The maximum absolute atomic E-state index is 15.4. The van der Waals surface area contributed by atoms with Crippen molar-refractivity contribution >= 4 is 17.4 Å². The van der Waals surface area contributed by atoms with Gasteiger partial charge in [-0.15, -0.1) is 5.10 Å². The van der Waals surface area contributed by atoms with Crippen LogP contribution in [0.25, 0.3) is 17.0 Å². The van der Waals surface area contributed by atoms with Gasteiger partial charge in [-0.2, -0.15) is 26.3 Å². The quantitative estimate of drug-likeness (QED) is 0.342. The van der Waals surface area contributed by atoms with Gasteiger partial charge in [0.05, 0.1) is 11.1 Å². The highest BCUT2D eigenvalue weighted by Crippen LogP contribution is 2.39. The number of carbonyl (C=O) groups is 1. The zero-order valence-corrected chi connectivity index (χ0v) is 20.9. The van der Waals surface area contributed by atoms with Gasteiger partial charge in [-0.05, 0) is 31.0 Å². The molecule has 9 nitrogen and oxygen atoms in total. The minimum atomic E-state index is -5.18. The van der Waals surface area contributed by atoms with Crippen molar-refractivity contribution in [1.29, 1.82) is 0 Å². The third-order valence-electron chi connectivity index (χ3n) is 6.68. The monoisotopic (exact) mass is 583 g/mol. The summed E-state index contributed by atoms with van der Waals surface area (Å²) in [5.74, 6) is -3.05. The summed E-state index contributed by atoms with van der Waals surface area (Å²) in [6, 6.07) is 4.89. The van der Waals surface area contributed by atoms with Crippen LogP contribution in [0.1, 0.15) is 29.7 Å². The Bertz CT molecular complexity index is 1650. The van der Waals surface area contributed by atoms with Crippen molar-refractivity contribution in [3.63, 3.8) is 0 Å². The number of nitrogens with zero attached hydrogens (tertiary/aromatic N) is 5. The summed E-state index contributed by atoms with van der Waals surface area (Å²) < 4.78 is 97.4. The number of hydrogen-bond donors (Lipinski definition) is 2. The maximum Gasteiger partial charge on any atom is 0.433 e. The van der Waals surface area contributed by atoms with E-state index in [0.717, 1.165) is 6.07 Å². The first-order chi connectivity index (χ1) is 19.3. The summed E-state index contributed by atoms with van der Waals surface area (Å²) in [5.41, 5.74) is -5.95. The molecule has 0 unspecified atom stereocenters. The van der Waals surface area contributed by atoms with Crippen LogP contribution in [-0.2, 0) is 23.7 Å². The fraction of sp³-hybridized carbons (Fsp3) is 0.320. The van der Waals surface area contributed by atoms with E-state index in [4.69, 9.17) is 0 Å².